The van der Waals surface area contributed by atoms with Crippen molar-refractivity contribution >= 4 is 28.8 Å². The summed E-state index contributed by atoms with van der Waals surface area (Å²) in [5.74, 6) is -0.929. The minimum atomic E-state index is -0.664. The first-order chi connectivity index (χ1) is 15.8. The van der Waals surface area contributed by atoms with Crippen molar-refractivity contribution in [2.75, 3.05) is 24.4 Å². The van der Waals surface area contributed by atoms with Crippen LogP contribution < -0.4 is 19.7 Å². The quantitative estimate of drug-likeness (QED) is 0.548. The van der Waals surface area contributed by atoms with Crippen LogP contribution in [-0.2, 0) is 9.59 Å². The van der Waals surface area contributed by atoms with Gasteiger partial charge in [0.25, 0.3) is 11.8 Å². The Labute approximate surface area is 191 Å². The minimum Gasteiger partial charge on any atom is -0.497 e. The van der Waals surface area contributed by atoms with Crippen molar-refractivity contribution in [3.63, 3.8) is 0 Å². The van der Waals surface area contributed by atoms with E-state index in [0.29, 0.717) is 22.7 Å². The van der Waals surface area contributed by atoms with Crippen molar-refractivity contribution in [2.24, 2.45) is 0 Å². The van der Waals surface area contributed by atoms with Crippen LogP contribution in [0.25, 0.3) is 5.57 Å². The van der Waals surface area contributed by atoms with Crippen LogP contribution in [0.1, 0.15) is 16.7 Å². The van der Waals surface area contributed by atoms with Gasteiger partial charge in [-0.15, -0.1) is 0 Å². The van der Waals surface area contributed by atoms with E-state index in [1.165, 1.54) is 32.4 Å². The van der Waals surface area contributed by atoms with Gasteiger partial charge in [0.05, 0.1) is 31.2 Å². The lowest BCUT2D eigenvalue weighted by Gasteiger charge is -2.16. The third kappa shape index (κ3) is 3.93. The third-order valence-corrected chi connectivity index (χ3v) is 5.50. The summed E-state index contributed by atoms with van der Waals surface area (Å²) in [6.07, 6.45) is 0. The van der Waals surface area contributed by atoms with Gasteiger partial charge >= 0.3 is 0 Å². The summed E-state index contributed by atoms with van der Waals surface area (Å²) in [4.78, 5) is 27.9. The van der Waals surface area contributed by atoms with Gasteiger partial charge in [-0.05, 0) is 49.2 Å². The van der Waals surface area contributed by atoms with Crippen LogP contribution in [0, 0.1) is 19.7 Å². The number of methoxy groups -OCH3 is 2. The molecule has 1 aliphatic rings. The van der Waals surface area contributed by atoms with Gasteiger partial charge in [-0.25, -0.2) is 9.29 Å². The second kappa shape index (κ2) is 8.78. The maximum absolute atomic E-state index is 14.6. The number of nitrogens with zero attached hydrogens (tertiary/aromatic N) is 1. The molecule has 0 saturated carbocycles. The molecule has 1 heterocycles. The summed E-state index contributed by atoms with van der Waals surface area (Å²) < 4.78 is 25.3. The Bertz CT molecular complexity index is 1300. The van der Waals surface area contributed by atoms with Gasteiger partial charge in [-0.2, -0.15) is 0 Å². The number of rotatable bonds is 6. The summed E-state index contributed by atoms with van der Waals surface area (Å²) >= 11 is 0. The van der Waals surface area contributed by atoms with Crippen LogP contribution in [0.5, 0.6) is 11.5 Å². The maximum Gasteiger partial charge on any atom is 0.282 e. The van der Waals surface area contributed by atoms with Gasteiger partial charge < -0.3 is 14.8 Å². The number of amides is 2. The number of imide groups is 1. The minimum absolute atomic E-state index is 0.0404. The fourth-order valence-electron chi connectivity index (χ4n) is 3.88. The number of carbonyl (C=O) groups is 2. The molecule has 2 amide bonds. The molecule has 0 aliphatic carbocycles. The van der Waals surface area contributed by atoms with Gasteiger partial charge in [-0.3, -0.25) is 9.59 Å². The number of halogens is 1. The zero-order chi connectivity index (χ0) is 23.7. The first-order valence-corrected chi connectivity index (χ1v) is 10.3. The SMILES string of the molecule is COc1ccc(NC2=C(c3ccc(C)cc3C)C(=O)N(c3ccccc3F)C2=O)c(OC)c1. The fourth-order valence-corrected chi connectivity index (χ4v) is 3.88. The second-order valence-corrected chi connectivity index (χ2v) is 7.66. The van der Waals surface area contributed by atoms with E-state index in [9.17, 15) is 14.0 Å². The zero-order valence-corrected chi connectivity index (χ0v) is 18.7. The highest BCUT2D eigenvalue weighted by Crippen LogP contribution is 2.38. The van der Waals surface area contributed by atoms with Gasteiger partial charge in [0.2, 0.25) is 0 Å². The predicted molar refractivity (Wildman–Crippen MR) is 125 cm³/mol. The van der Waals surface area contributed by atoms with E-state index < -0.39 is 17.6 Å². The Morgan fingerprint density at radius 3 is 2.30 bits per heavy atom. The van der Waals surface area contributed by atoms with Crippen LogP contribution in [0.15, 0.2) is 66.4 Å². The van der Waals surface area contributed by atoms with Crippen LogP contribution in [0.2, 0.25) is 0 Å². The summed E-state index contributed by atoms with van der Waals surface area (Å²) in [7, 11) is 3.03. The van der Waals surface area contributed by atoms with E-state index in [2.05, 4.69) is 5.32 Å². The van der Waals surface area contributed by atoms with Crippen LogP contribution in [0.4, 0.5) is 15.8 Å². The standard InChI is InChI=1S/C26H23FN2O4/c1-15-9-11-18(16(2)13-15)23-24(28-20-12-10-17(32-3)14-22(20)33-4)26(31)29(25(23)30)21-8-6-5-7-19(21)27/h5-14,28H,1-4H3. The molecule has 3 aromatic rings. The van der Waals surface area contributed by atoms with Gasteiger partial charge in [0, 0.05) is 6.07 Å². The highest BCUT2D eigenvalue weighted by molar-refractivity contribution is 6.46. The van der Waals surface area contributed by atoms with Gasteiger partial charge in [-0.1, -0.05) is 35.9 Å². The molecule has 0 fully saturated rings. The van der Waals surface area contributed by atoms with E-state index in [1.54, 1.807) is 30.3 Å². The molecule has 0 saturated heterocycles. The number of hydrogen-bond acceptors (Lipinski definition) is 5. The Kier molecular flexibility index (Phi) is 5.87. The Morgan fingerprint density at radius 2 is 1.64 bits per heavy atom. The van der Waals surface area contributed by atoms with Crippen LogP contribution >= 0.6 is 0 Å². The highest BCUT2D eigenvalue weighted by atomic mass is 19.1. The van der Waals surface area contributed by atoms with Crippen molar-refractivity contribution in [1.82, 2.24) is 0 Å². The molecule has 6 nitrogen and oxygen atoms in total. The largest absolute Gasteiger partial charge is 0.497 e. The molecule has 0 radical (unpaired) electrons. The highest BCUT2D eigenvalue weighted by Gasteiger charge is 2.42. The average Bonchev–Trinajstić information content (AvgIpc) is 3.04. The molecule has 1 aliphatic heterocycles. The molecular formula is C26H23FN2O4. The average molecular weight is 446 g/mol. The zero-order valence-electron chi connectivity index (χ0n) is 18.7. The number of ether oxygens (including phenoxy) is 2. The molecule has 33 heavy (non-hydrogen) atoms. The molecule has 0 aromatic heterocycles. The van der Waals surface area contributed by atoms with Crippen molar-refractivity contribution in [3.8, 4) is 11.5 Å². The van der Waals surface area contributed by atoms with Crippen molar-refractivity contribution in [3.05, 3.63) is 88.9 Å². The van der Waals surface area contributed by atoms with Crippen LogP contribution in [0.3, 0.4) is 0 Å². The summed E-state index contributed by atoms with van der Waals surface area (Å²) in [5.41, 5.74) is 3.00. The normalized spacial score (nSPS) is 13.5. The van der Waals surface area contributed by atoms with E-state index in [4.69, 9.17) is 9.47 Å². The van der Waals surface area contributed by atoms with Gasteiger partial charge in [0.15, 0.2) is 0 Å². The Morgan fingerprint density at radius 1 is 0.879 bits per heavy atom. The number of benzene rings is 3. The monoisotopic (exact) mass is 446 g/mol. The number of carbonyl (C=O) groups excluding carboxylic acids is 2. The maximum atomic E-state index is 14.6. The first kappa shape index (κ1) is 22.1. The molecule has 168 valence electrons. The topological polar surface area (TPSA) is 67.9 Å². The number of hydrogen-bond donors (Lipinski definition) is 1. The molecule has 0 bridgehead atoms. The van der Waals surface area contributed by atoms with Crippen molar-refractivity contribution in [2.45, 2.75) is 13.8 Å². The van der Waals surface area contributed by atoms with E-state index >= 15 is 0 Å². The van der Waals surface area contributed by atoms with Gasteiger partial charge in [0.1, 0.15) is 23.0 Å². The smallest absolute Gasteiger partial charge is 0.282 e. The molecule has 0 atom stereocenters. The summed E-state index contributed by atoms with van der Waals surface area (Å²) in [6, 6.07) is 16.3. The van der Waals surface area contributed by atoms with Crippen LogP contribution in [-0.4, -0.2) is 26.0 Å². The lowest BCUT2D eigenvalue weighted by molar-refractivity contribution is -0.120. The molecule has 0 spiro atoms. The Balaban J connectivity index is 1.89. The number of anilines is 2. The summed E-state index contributed by atoms with van der Waals surface area (Å²) in [6.45, 7) is 3.81. The lowest BCUT2D eigenvalue weighted by atomic mass is 9.97. The molecule has 4 rings (SSSR count). The third-order valence-electron chi connectivity index (χ3n) is 5.50. The van der Waals surface area contributed by atoms with Crippen molar-refractivity contribution in [1.29, 1.82) is 0 Å². The predicted octanol–water partition coefficient (Wildman–Crippen LogP) is 4.86. The second-order valence-electron chi connectivity index (χ2n) is 7.66. The molecule has 3 aromatic carbocycles. The van der Waals surface area contributed by atoms with E-state index in [-0.39, 0.29) is 17.0 Å². The Hall–Kier alpha value is -4.13. The number of nitrogens with one attached hydrogen (secondary N) is 1. The molecule has 1 N–H and O–H groups in total. The molecule has 0 unspecified atom stereocenters. The number of aryl methyl sites for hydroxylation is 2. The first-order valence-electron chi connectivity index (χ1n) is 10.3. The molecular weight excluding hydrogens is 423 g/mol. The van der Waals surface area contributed by atoms with Crippen molar-refractivity contribution < 1.29 is 23.5 Å². The summed E-state index contributed by atoms with van der Waals surface area (Å²) in [5, 5.41) is 3.07. The van der Waals surface area contributed by atoms with E-state index in [1.807, 2.05) is 26.0 Å². The molecule has 7 heteroatoms. The fraction of sp³-hybridized carbons (Fsp3) is 0.154. The van der Waals surface area contributed by atoms with E-state index in [0.717, 1.165) is 16.0 Å². The lowest BCUT2D eigenvalue weighted by Crippen LogP contribution is -2.33. The number of para-hydroxylation sites is 1.